The number of hydrogen-bond donors (Lipinski definition) is 1. The fraction of sp³-hybridized carbons (Fsp3) is 0.167. The largest absolute Gasteiger partial charge is 0.493 e. The number of hydrogen-bond acceptors (Lipinski definition) is 4. The van der Waals surface area contributed by atoms with E-state index in [1.54, 1.807) is 0 Å². The van der Waals surface area contributed by atoms with Gasteiger partial charge in [-0.25, -0.2) is 9.48 Å². The second kappa shape index (κ2) is 4.87. The molecule has 0 unspecified atom stereocenters. The van der Waals surface area contributed by atoms with Crippen LogP contribution in [-0.2, 0) is 10.9 Å². The van der Waals surface area contributed by atoms with Gasteiger partial charge in [-0.1, -0.05) is 0 Å². The molecule has 0 amide bonds. The number of carbonyl (C=O) groups excluding carboxylic acids is 1. The highest BCUT2D eigenvalue weighted by molar-refractivity contribution is 5.89. The smallest absolute Gasteiger partial charge is 0.435 e. The van der Waals surface area contributed by atoms with Gasteiger partial charge in [0.15, 0.2) is 5.69 Å². The monoisotopic (exact) mass is 286 g/mol. The number of halogens is 3. The van der Waals surface area contributed by atoms with Crippen molar-refractivity contribution in [1.29, 1.82) is 0 Å². The molecule has 0 saturated carbocycles. The molecule has 0 spiro atoms. The van der Waals surface area contributed by atoms with Gasteiger partial charge >= 0.3 is 12.1 Å². The lowest BCUT2D eigenvalue weighted by atomic mass is 10.2. The van der Waals surface area contributed by atoms with Gasteiger partial charge in [-0.2, -0.15) is 18.3 Å². The molecule has 1 N–H and O–H groups in total. The second-order valence-electron chi connectivity index (χ2n) is 3.84. The Hall–Kier alpha value is -2.51. The van der Waals surface area contributed by atoms with Crippen LogP contribution in [0.25, 0.3) is 5.69 Å². The maximum atomic E-state index is 12.5. The van der Waals surface area contributed by atoms with Crippen molar-refractivity contribution in [3.05, 3.63) is 41.6 Å². The molecule has 0 bridgehead atoms. The minimum absolute atomic E-state index is 0.186. The average molecular weight is 286 g/mol. The lowest BCUT2D eigenvalue weighted by Gasteiger charge is -2.04. The molecule has 0 aliphatic rings. The van der Waals surface area contributed by atoms with E-state index in [1.165, 1.54) is 31.4 Å². The summed E-state index contributed by atoms with van der Waals surface area (Å²) in [6.45, 7) is 0. The van der Waals surface area contributed by atoms with E-state index in [0.717, 1.165) is 4.68 Å². The zero-order valence-electron chi connectivity index (χ0n) is 10.2. The zero-order valence-corrected chi connectivity index (χ0v) is 10.2. The summed E-state index contributed by atoms with van der Waals surface area (Å²) in [6.07, 6.45) is -4.64. The molecule has 0 fully saturated rings. The van der Waals surface area contributed by atoms with Crippen LogP contribution in [0.2, 0.25) is 0 Å². The highest BCUT2D eigenvalue weighted by Gasteiger charge is 2.35. The molecular weight excluding hydrogens is 277 g/mol. The molecule has 0 saturated heterocycles. The van der Waals surface area contributed by atoms with Crippen molar-refractivity contribution >= 4 is 5.97 Å². The Morgan fingerprint density at radius 3 is 2.35 bits per heavy atom. The highest BCUT2D eigenvalue weighted by Crippen LogP contribution is 2.31. The van der Waals surface area contributed by atoms with Crippen LogP contribution >= 0.6 is 0 Å². The van der Waals surface area contributed by atoms with Gasteiger partial charge in [0.1, 0.15) is 0 Å². The summed E-state index contributed by atoms with van der Waals surface area (Å²) in [5.41, 5.74) is -0.781. The Morgan fingerprint density at radius 2 is 1.90 bits per heavy atom. The van der Waals surface area contributed by atoms with Crippen molar-refractivity contribution < 1.29 is 27.8 Å². The first-order valence-electron chi connectivity index (χ1n) is 5.38. The Balaban J connectivity index is 2.37. The minimum atomic E-state index is -4.64. The van der Waals surface area contributed by atoms with Crippen molar-refractivity contribution in [1.82, 2.24) is 9.78 Å². The van der Waals surface area contributed by atoms with Crippen LogP contribution in [-0.4, -0.2) is 28.0 Å². The van der Waals surface area contributed by atoms with Crippen LogP contribution in [0.4, 0.5) is 13.2 Å². The number of carbonyl (C=O) groups is 1. The van der Waals surface area contributed by atoms with Crippen molar-refractivity contribution in [3.8, 4) is 11.6 Å². The number of aromatic hydroxyl groups is 1. The molecule has 0 aliphatic heterocycles. The summed E-state index contributed by atoms with van der Waals surface area (Å²) in [5.74, 6) is -1.22. The predicted octanol–water partition coefficient (Wildman–Crippen LogP) is 2.38. The van der Waals surface area contributed by atoms with Crippen molar-refractivity contribution in [2.75, 3.05) is 7.11 Å². The summed E-state index contributed by atoms with van der Waals surface area (Å²) < 4.78 is 42.6. The van der Waals surface area contributed by atoms with Gasteiger partial charge in [0.25, 0.3) is 0 Å². The lowest BCUT2D eigenvalue weighted by molar-refractivity contribution is -0.141. The summed E-state index contributed by atoms with van der Waals surface area (Å²) in [5, 5.41) is 12.8. The van der Waals surface area contributed by atoms with Gasteiger partial charge in [0.05, 0.1) is 18.4 Å². The quantitative estimate of drug-likeness (QED) is 0.861. The Bertz CT molecular complexity index is 632. The first-order chi connectivity index (χ1) is 9.32. The fourth-order valence-electron chi connectivity index (χ4n) is 1.56. The molecule has 1 aromatic heterocycles. The minimum Gasteiger partial charge on any atom is -0.493 e. The third-order valence-electron chi connectivity index (χ3n) is 2.51. The highest BCUT2D eigenvalue weighted by atomic mass is 19.4. The molecular formula is C12H9F3N2O3. The van der Waals surface area contributed by atoms with E-state index in [4.69, 9.17) is 0 Å². The maximum absolute atomic E-state index is 12.5. The molecule has 0 aliphatic carbocycles. The maximum Gasteiger partial charge on any atom is 0.435 e. The standard InChI is InChI=1S/C12H9F3N2O3/c1-20-11(19)7-2-4-8(5-3-7)17-10(18)6-9(16-17)12(13,14)15/h2-6,18H,1H3. The van der Waals surface area contributed by atoms with E-state index in [9.17, 15) is 23.1 Å². The number of benzene rings is 1. The number of nitrogens with zero attached hydrogens (tertiary/aromatic N) is 2. The normalized spacial score (nSPS) is 11.4. The van der Waals surface area contributed by atoms with E-state index in [1.807, 2.05) is 0 Å². The van der Waals surface area contributed by atoms with Gasteiger partial charge in [-0.3, -0.25) is 0 Å². The molecule has 0 radical (unpaired) electrons. The summed E-state index contributed by atoms with van der Waals surface area (Å²) in [6, 6.07) is 5.93. The van der Waals surface area contributed by atoms with Gasteiger partial charge in [-0.15, -0.1) is 0 Å². The van der Waals surface area contributed by atoms with Gasteiger partial charge in [-0.05, 0) is 24.3 Å². The summed E-state index contributed by atoms with van der Waals surface area (Å²) in [4.78, 5) is 11.2. The number of rotatable bonds is 2. The Kier molecular flexibility index (Phi) is 3.39. The van der Waals surface area contributed by atoms with E-state index >= 15 is 0 Å². The van der Waals surface area contributed by atoms with Crippen molar-refractivity contribution in [2.45, 2.75) is 6.18 Å². The van der Waals surface area contributed by atoms with Gasteiger partial charge in [0.2, 0.25) is 5.88 Å². The fourth-order valence-corrected chi connectivity index (χ4v) is 1.56. The number of aromatic nitrogens is 2. The van der Waals surface area contributed by atoms with Gasteiger partial charge in [0, 0.05) is 6.07 Å². The van der Waals surface area contributed by atoms with Gasteiger partial charge < -0.3 is 9.84 Å². The van der Waals surface area contributed by atoms with Crippen LogP contribution in [0.3, 0.4) is 0 Å². The molecule has 2 rings (SSSR count). The van der Waals surface area contributed by atoms with E-state index in [0.29, 0.717) is 6.07 Å². The molecule has 1 aromatic carbocycles. The average Bonchev–Trinajstić information content (AvgIpc) is 2.80. The Morgan fingerprint density at radius 1 is 1.30 bits per heavy atom. The summed E-state index contributed by atoms with van der Waals surface area (Å²) >= 11 is 0. The van der Waals surface area contributed by atoms with E-state index in [2.05, 4.69) is 9.84 Å². The van der Waals surface area contributed by atoms with Crippen LogP contribution in [0, 0.1) is 0 Å². The SMILES string of the molecule is COC(=O)c1ccc(-n2nc(C(F)(F)F)cc2O)cc1. The van der Waals surface area contributed by atoms with Crippen molar-refractivity contribution in [3.63, 3.8) is 0 Å². The third kappa shape index (κ3) is 2.58. The van der Waals surface area contributed by atoms with Crippen LogP contribution in [0.15, 0.2) is 30.3 Å². The van der Waals surface area contributed by atoms with Crippen LogP contribution < -0.4 is 0 Å². The molecule has 5 nitrogen and oxygen atoms in total. The molecule has 2 aromatic rings. The summed E-state index contributed by atoms with van der Waals surface area (Å²) in [7, 11) is 1.21. The predicted molar refractivity (Wildman–Crippen MR) is 61.6 cm³/mol. The topological polar surface area (TPSA) is 64.4 Å². The Labute approximate surface area is 111 Å². The molecule has 8 heteroatoms. The molecule has 0 atom stereocenters. The first-order valence-corrected chi connectivity index (χ1v) is 5.38. The molecule has 106 valence electrons. The first kappa shape index (κ1) is 13.9. The van der Waals surface area contributed by atoms with Crippen molar-refractivity contribution in [2.24, 2.45) is 0 Å². The molecule has 1 heterocycles. The second-order valence-corrected chi connectivity index (χ2v) is 3.84. The number of methoxy groups -OCH3 is 1. The van der Waals surface area contributed by atoms with Crippen LogP contribution in [0.5, 0.6) is 5.88 Å². The number of esters is 1. The lowest BCUT2D eigenvalue weighted by Crippen LogP contribution is -2.07. The number of alkyl halides is 3. The van der Waals surface area contributed by atoms with E-state index in [-0.39, 0.29) is 11.3 Å². The third-order valence-corrected chi connectivity index (χ3v) is 2.51. The van der Waals surface area contributed by atoms with Crippen LogP contribution in [0.1, 0.15) is 16.1 Å². The molecule has 20 heavy (non-hydrogen) atoms. The zero-order chi connectivity index (χ0) is 14.9. The van der Waals surface area contributed by atoms with E-state index < -0.39 is 23.7 Å². The number of ether oxygens (including phenoxy) is 1.